The van der Waals surface area contributed by atoms with Crippen molar-refractivity contribution in [2.45, 2.75) is 44.5 Å². The van der Waals surface area contributed by atoms with E-state index in [1.165, 1.54) is 10.5 Å². The van der Waals surface area contributed by atoms with Gasteiger partial charge in [0.05, 0.1) is 5.52 Å². The van der Waals surface area contributed by atoms with E-state index in [0.29, 0.717) is 11.3 Å². The molecule has 2 atom stereocenters. The van der Waals surface area contributed by atoms with Crippen LogP contribution in [-0.4, -0.2) is 106 Å². The number of likely N-dealkylation sites (tertiary alicyclic amines) is 1. The van der Waals surface area contributed by atoms with E-state index >= 15 is 0 Å². The molecule has 0 radical (unpaired) electrons. The SMILES string of the molecule is CN1CCN(c2ncc3cc(CN4CC[C@H](Oc5ccc6c(c5)CN(C(CCC(=O)O)C(N)=O)C6=O)C4)ccc3n2)CC1. The zero-order chi connectivity index (χ0) is 30.1. The second kappa shape index (κ2) is 12.1. The van der Waals surface area contributed by atoms with Gasteiger partial charge in [0.15, 0.2) is 0 Å². The second-order valence-electron chi connectivity index (χ2n) is 11.7. The van der Waals surface area contributed by atoms with Gasteiger partial charge in [-0.15, -0.1) is 0 Å². The number of carboxylic acids is 1. The van der Waals surface area contributed by atoms with Crippen LogP contribution in [0.1, 0.15) is 40.7 Å². The Hall–Kier alpha value is -4.29. The normalized spacial score (nSPS) is 20.0. The number of aromatic nitrogens is 2. The number of amides is 2. The summed E-state index contributed by atoms with van der Waals surface area (Å²) in [4.78, 5) is 53.7. The molecule has 12 nitrogen and oxygen atoms in total. The fraction of sp³-hybridized carbons (Fsp3) is 0.452. The van der Waals surface area contributed by atoms with E-state index in [1.54, 1.807) is 12.1 Å². The zero-order valence-corrected chi connectivity index (χ0v) is 24.3. The number of fused-ring (bicyclic) bond motifs is 2. The predicted octanol–water partition coefficient (Wildman–Crippen LogP) is 1.71. The molecule has 3 aromatic rings. The van der Waals surface area contributed by atoms with E-state index in [0.717, 1.165) is 74.6 Å². The fourth-order valence-corrected chi connectivity index (χ4v) is 6.17. The van der Waals surface area contributed by atoms with Gasteiger partial charge in [0, 0.05) is 75.9 Å². The first-order chi connectivity index (χ1) is 20.7. The Kier molecular flexibility index (Phi) is 8.13. The van der Waals surface area contributed by atoms with Crippen molar-refractivity contribution in [1.29, 1.82) is 0 Å². The molecule has 4 heterocycles. The molecule has 0 aliphatic carbocycles. The van der Waals surface area contributed by atoms with Gasteiger partial charge in [0.2, 0.25) is 11.9 Å². The van der Waals surface area contributed by atoms with Gasteiger partial charge in [-0.25, -0.2) is 9.97 Å². The van der Waals surface area contributed by atoms with Crippen molar-refractivity contribution >= 4 is 34.6 Å². The van der Waals surface area contributed by atoms with Crippen LogP contribution in [0.4, 0.5) is 5.95 Å². The molecule has 226 valence electrons. The number of hydrogen-bond donors (Lipinski definition) is 2. The first-order valence-corrected chi connectivity index (χ1v) is 14.8. The summed E-state index contributed by atoms with van der Waals surface area (Å²) in [7, 11) is 2.14. The Bertz CT molecular complexity index is 1540. The molecule has 2 fully saturated rings. The molecule has 43 heavy (non-hydrogen) atoms. The number of ether oxygens (including phenoxy) is 1. The summed E-state index contributed by atoms with van der Waals surface area (Å²) in [5.74, 6) is -0.608. The van der Waals surface area contributed by atoms with Gasteiger partial charge in [0.1, 0.15) is 17.9 Å². The van der Waals surface area contributed by atoms with Crippen LogP contribution >= 0.6 is 0 Å². The highest BCUT2D eigenvalue weighted by molar-refractivity contribution is 6.01. The van der Waals surface area contributed by atoms with Crippen LogP contribution < -0.4 is 15.4 Å². The molecular formula is C31H37N7O5. The van der Waals surface area contributed by atoms with Gasteiger partial charge in [0.25, 0.3) is 5.91 Å². The topological polar surface area (TPSA) is 145 Å². The van der Waals surface area contributed by atoms with E-state index in [4.69, 9.17) is 20.6 Å². The van der Waals surface area contributed by atoms with Gasteiger partial charge >= 0.3 is 5.97 Å². The number of primary amides is 1. The zero-order valence-electron chi connectivity index (χ0n) is 24.3. The summed E-state index contributed by atoms with van der Waals surface area (Å²) in [6.07, 6.45) is 2.55. The van der Waals surface area contributed by atoms with Gasteiger partial charge in [-0.05, 0) is 61.3 Å². The van der Waals surface area contributed by atoms with Crippen LogP contribution in [0.3, 0.4) is 0 Å². The molecule has 1 unspecified atom stereocenters. The van der Waals surface area contributed by atoms with Crippen molar-refractivity contribution < 1.29 is 24.2 Å². The Labute approximate surface area is 250 Å². The van der Waals surface area contributed by atoms with E-state index in [9.17, 15) is 14.4 Å². The second-order valence-corrected chi connectivity index (χ2v) is 11.7. The number of piperazine rings is 1. The maximum atomic E-state index is 13.0. The maximum Gasteiger partial charge on any atom is 0.303 e. The van der Waals surface area contributed by atoms with Crippen molar-refractivity contribution in [3.63, 3.8) is 0 Å². The van der Waals surface area contributed by atoms with Gasteiger partial charge in [-0.1, -0.05) is 6.07 Å². The number of hydrogen-bond acceptors (Lipinski definition) is 9. The number of carbonyl (C=O) groups is 3. The van der Waals surface area contributed by atoms with Gasteiger partial charge in [-0.3, -0.25) is 19.3 Å². The summed E-state index contributed by atoms with van der Waals surface area (Å²) in [6, 6.07) is 10.7. The number of carbonyl (C=O) groups excluding carboxylic acids is 2. The number of rotatable bonds is 10. The predicted molar refractivity (Wildman–Crippen MR) is 160 cm³/mol. The van der Waals surface area contributed by atoms with E-state index in [-0.39, 0.29) is 31.4 Å². The van der Waals surface area contributed by atoms with Crippen LogP contribution in [-0.2, 0) is 22.7 Å². The lowest BCUT2D eigenvalue weighted by Gasteiger charge is -2.32. The molecular weight excluding hydrogens is 550 g/mol. The average molecular weight is 588 g/mol. The Morgan fingerprint density at radius 1 is 1.12 bits per heavy atom. The fourth-order valence-electron chi connectivity index (χ4n) is 6.17. The molecule has 6 rings (SSSR count). The number of nitrogens with two attached hydrogens (primary N) is 1. The van der Waals surface area contributed by atoms with Gasteiger partial charge < -0.3 is 30.3 Å². The number of anilines is 1. The third kappa shape index (κ3) is 6.40. The van der Waals surface area contributed by atoms with Gasteiger partial charge in [-0.2, -0.15) is 0 Å². The first-order valence-electron chi connectivity index (χ1n) is 14.8. The van der Waals surface area contributed by atoms with Crippen LogP contribution in [0.2, 0.25) is 0 Å². The Balaban J connectivity index is 1.05. The molecule has 3 aliphatic rings. The number of carboxylic acid groups (broad SMARTS) is 1. The third-order valence-corrected chi connectivity index (χ3v) is 8.60. The summed E-state index contributed by atoms with van der Waals surface area (Å²) in [5, 5.41) is 10.0. The summed E-state index contributed by atoms with van der Waals surface area (Å²) >= 11 is 0. The number of likely N-dealkylation sites (N-methyl/N-ethyl adjacent to an activating group) is 1. The van der Waals surface area contributed by atoms with E-state index in [1.807, 2.05) is 12.3 Å². The number of aliphatic carboxylic acids is 1. The Morgan fingerprint density at radius 3 is 2.70 bits per heavy atom. The smallest absolute Gasteiger partial charge is 0.303 e. The highest BCUT2D eigenvalue weighted by Crippen LogP contribution is 2.31. The van der Waals surface area contributed by atoms with Crippen molar-refractivity contribution in [3.05, 3.63) is 59.3 Å². The molecule has 2 saturated heterocycles. The van der Waals surface area contributed by atoms with E-state index in [2.05, 4.69) is 44.9 Å². The number of benzene rings is 2. The first kappa shape index (κ1) is 28.8. The Morgan fingerprint density at radius 2 is 1.93 bits per heavy atom. The van der Waals surface area contributed by atoms with Crippen molar-refractivity contribution in [2.24, 2.45) is 5.73 Å². The lowest BCUT2D eigenvalue weighted by Crippen LogP contribution is -2.45. The molecule has 0 saturated carbocycles. The quantitative estimate of drug-likeness (QED) is 0.360. The molecule has 1 aromatic heterocycles. The molecule has 2 aromatic carbocycles. The van der Waals surface area contributed by atoms with Crippen molar-refractivity contribution in [3.8, 4) is 5.75 Å². The lowest BCUT2D eigenvalue weighted by molar-refractivity contribution is -0.137. The van der Waals surface area contributed by atoms with Crippen LogP contribution in [0.5, 0.6) is 5.75 Å². The summed E-state index contributed by atoms with van der Waals surface area (Å²) < 4.78 is 6.31. The largest absolute Gasteiger partial charge is 0.489 e. The van der Waals surface area contributed by atoms with Crippen molar-refractivity contribution in [1.82, 2.24) is 24.7 Å². The van der Waals surface area contributed by atoms with Crippen molar-refractivity contribution in [2.75, 3.05) is 51.2 Å². The minimum Gasteiger partial charge on any atom is -0.489 e. The third-order valence-electron chi connectivity index (χ3n) is 8.60. The molecule has 12 heteroatoms. The molecule has 3 N–H and O–H groups in total. The van der Waals surface area contributed by atoms with Crippen LogP contribution in [0, 0.1) is 0 Å². The molecule has 0 bridgehead atoms. The summed E-state index contributed by atoms with van der Waals surface area (Å²) in [5.41, 5.74) is 8.89. The number of nitrogens with zero attached hydrogens (tertiary/aromatic N) is 6. The van der Waals surface area contributed by atoms with Crippen LogP contribution in [0.15, 0.2) is 42.6 Å². The minimum atomic E-state index is -1.04. The average Bonchev–Trinajstić information content (AvgIpc) is 3.56. The standard InChI is InChI=1S/C31H37N7O5/c1-35-10-12-37(13-11-35)31-33-16-21-14-20(2-5-26(21)34-31)17-36-9-8-24(19-36)43-23-3-4-25-22(15-23)18-38(30(25)42)27(29(32)41)6-7-28(39)40/h2-5,14-16,24,27H,6-13,17-19H2,1H3,(H2,32,41)(H,39,40)/t24-,27?/m0/s1. The summed E-state index contributed by atoms with van der Waals surface area (Å²) in [6.45, 7) is 6.57. The monoisotopic (exact) mass is 587 g/mol. The minimum absolute atomic E-state index is 0.00938. The van der Waals surface area contributed by atoms with Crippen LogP contribution in [0.25, 0.3) is 10.9 Å². The molecule has 2 amide bonds. The molecule has 0 spiro atoms. The van der Waals surface area contributed by atoms with E-state index < -0.39 is 17.9 Å². The highest BCUT2D eigenvalue weighted by Gasteiger charge is 2.36. The lowest BCUT2D eigenvalue weighted by atomic mass is 10.1. The maximum absolute atomic E-state index is 13.0. The molecule has 3 aliphatic heterocycles. The highest BCUT2D eigenvalue weighted by atomic mass is 16.5.